The number of hydrogen-bond donors (Lipinski definition) is 1. The summed E-state index contributed by atoms with van der Waals surface area (Å²) in [5.41, 5.74) is 0.182. The van der Waals surface area contributed by atoms with Crippen LogP contribution < -0.4 is 0 Å². The maximum atomic E-state index is 13.0. The molecule has 1 aliphatic heterocycles. The molecule has 0 saturated carbocycles. The predicted octanol–water partition coefficient (Wildman–Crippen LogP) is 1.46. The van der Waals surface area contributed by atoms with Crippen molar-refractivity contribution in [1.82, 2.24) is 4.90 Å². The molecule has 3 nitrogen and oxygen atoms in total. The van der Waals surface area contributed by atoms with Gasteiger partial charge in [0.25, 0.3) is 0 Å². The first-order chi connectivity index (χ1) is 8.60. The van der Waals surface area contributed by atoms with Crippen LogP contribution in [0.15, 0.2) is 18.2 Å². The second-order valence-electron chi connectivity index (χ2n) is 4.62. The lowest BCUT2D eigenvalue weighted by Gasteiger charge is -2.14. The molecule has 2 rings (SSSR count). The van der Waals surface area contributed by atoms with Crippen LogP contribution >= 0.6 is 0 Å². The molecule has 1 N–H and O–H groups in total. The van der Waals surface area contributed by atoms with Crippen molar-refractivity contribution in [3.05, 3.63) is 35.4 Å². The third-order valence-corrected chi connectivity index (χ3v) is 3.24. The highest BCUT2D eigenvalue weighted by Gasteiger charge is 2.23. The zero-order valence-corrected chi connectivity index (χ0v) is 9.90. The fourth-order valence-corrected chi connectivity index (χ4v) is 2.17. The van der Waals surface area contributed by atoms with Crippen molar-refractivity contribution in [1.29, 1.82) is 0 Å². The van der Waals surface area contributed by atoms with Crippen LogP contribution in [0.2, 0.25) is 0 Å². The standard InChI is InChI=1S/C13H15F2NO2/c14-11-2-1-10(5-12(11)15)13(18)7-16-4-3-9(6-16)8-17/h1-2,5,9,17H,3-4,6-8H2. The zero-order valence-electron chi connectivity index (χ0n) is 9.90. The Balaban J connectivity index is 1.97. The molecular formula is C13H15F2NO2. The quantitative estimate of drug-likeness (QED) is 0.828. The van der Waals surface area contributed by atoms with Gasteiger partial charge >= 0.3 is 0 Å². The van der Waals surface area contributed by atoms with Crippen LogP contribution in [0, 0.1) is 17.6 Å². The van der Waals surface area contributed by atoms with Gasteiger partial charge in [0.1, 0.15) is 0 Å². The van der Waals surface area contributed by atoms with Crippen molar-refractivity contribution in [2.45, 2.75) is 6.42 Å². The van der Waals surface area contributed by atoms with Gasteiger partial charge in [0, 0.05) is 18.7 Å². The number of hydrogen-bond acceptors (Lipinski definition) is 3. The van der Waals surface area contributed by atoms with Crippen molar-refractivity contribution in [2.75, 3.05) is 26.2 Å². The van der Waals surface area contributed by atoms with Crippen molar-refractivity contribution in [3.8, 4) is 0 Å². The van der Waals surface area contributed by atoms with Crippen molar-refractivity contribution >= 4 is 5.78 Å². The molecule has 1 unspecified atom stereocenters. The highest BCUT2D eigenvalue weighted by molar-refractivity contribution is 5.97. The monoisotopic (exact) mass is 255 g/mol. The van der Waals surface area contributed by atoms with Gasteiger partial charge in [-0.15, -0.1) is 0 Å². The number of nitrogens with zero attached hydrogens (tertiary/aromatic N) is 1. The average molecular weight is 255 g/mol. The fourth-order valence-electron chi connectivity index (χ4n) is 2.17. The summed E-state index contributed by atoms with van der Waals surface area (Å²) >= 11 is 0. The van der Waals surface area contributed by atoms with Crippen LogP contribution in [-0.2, 0) is 0 Å². The number of benzene rings is 1. The Morgan fingerprint density at radius 2 is 2.17 bits per heavy atom. The van der Waals surface area contributed by atoms with Crippen LogP contribution in [0.1, 0.15) is 16.8 Å². The molecule has 1 fully saturated rings. The van der Waals surface area contributed by atoms with Crippen LogP contribution in [0.4, 0.5) is 8.78 Å². The summed E-state index contributed by atoms with van der Waals surface area (Å²) in [5.74, 6) is -1.97. The lowest BCUT2D eigenvalue weighted by Crippen LogP contribution is -2.28. The van der Waals surface area contributed by atoms with Gasteiger partial charge in [0.15, 0.2) is 17.4 Å². The second kappa shape index (κ2) is 5.54. The molecule has 1 aromatic rings. The smallest absolute Gasteiger partial charge is 0.176 e. The molecule has 0 amide bonds. The molecule has 0 aromatic heterocycles. The Morgan fingerprint density at radius 1 is 1.39 bits per heavy atom. The number of Topliss-reactive ketones (excluding diaryl/α,β-unsaturated/α-hetero) is 1. The number of ketones is 1. The highest BCUT2D eigenvalue weighted by atomic mass is 19.2. The van der Waals surface area contributed by atoms with Crippen molar-refractivity contribution < 1.29 is 18.7 Å². The third kappa shape index (κ3) is 2.91. The van der Waals surface area contributed by atoms with Gasteiger partial charge in [-0.2, -0.15) is 0 Å². The number of carbonyl (C=O) groups is 1. The van der Waals surface area contributed by atoms with Gasteiger partial charge in [-0.25, -0.2) is 8.78 Å². The maximum absolute atomic E-state index is 13.0. The molecule has 98 valence electrons. The Bertz CT molecular complexity index is 451. The van der Waals surface area contributed by atoms with Crippen LogP contribution in [0.5, 0.6) is 0 Å². The summed E-state index contributed by atoms with van der Waals surface area (Å²) in [6.07, 6.45) is 0.863. The van der Waals surface area contributed by atoms with Gasteiger partial charge in [0.2, 0.25) is 0 Å². The van der Waals surface area contributed by atoms with Crippen LogP contribution in [-0.4, -0.2) is 42.0 Å². The molecule has 18 heavy (non-hydrogen) atoms. The minimum Gasteiger partial charge on any atom is -0.396 e. The van der Waals surface area contributed by atoms with Crippen molar-refractivity contribution in [2.24, 2.45) is 5.92 Å². The molecule has 5 heteroatoms. The maximum Gasteiger partial charge on any atom is 0.176 e. The topological polar surface area (TPSA) is 40.5 Å². The van der Waals surface area contributed by atoms with E-state index in [0.29, 0.717) is 6.54 Å². The number of likely N-dealkylation sites (tertiary alicyclic amines) is 1. The largest absolute Gasteiger partial charge is 0.396 e. The average Bonchev–Trinajstić information content (AvgIpc) is 2.80. The van der Waals surface area contributed by atoms with E-state index in [4.69, 9.17) is 5.11 Å². The Kier molecular flexibility index (Phi) is 4.04. The molecular weight excluding hydrogens is 240 g/mol. The minimum atomic E-state index is -1.00. The van der Waals surface area contributed by atoms with Crippen LogP contribution in [0.3, 0.4) is 0 Å². The highest BCUT2D eigenvalue weighted by Crippen LogP contribution is 2.16. The number of carbonyl (C=O) groups excluding carboxylic acids is 1. The number of halogens is 2. The van der Waals surface area contributed by atoms with E-state index in [1.165, 1.54) is 6.07 Å². The van der Waals surface area contributed by atoms with Gasteiger partial charge in [-0.1, -0.05) is 0 Å². The number of aliphatic hydroxyl groups is 1. The molecule has 0 aliphatic carbocycles. The predicted molar refractivity (Wildman–Crippen MR) is 62.3 cm³/mol. The first-order valence-electron chi connectivity index (χ1n) is 5.91. The minimum absolute atomic E-state index is 0.121. The first kappa shape index (κ1) is 13.1. The van der Waals surface area contributed by atoms with E-state index >= 15 is 0 Å². The third-order valence-electron chi connectivity index (χ3n) is 3.24. The van der Waals surface area contributed by atoms with Gasteiger partial charge in [0.05, 0.1) is 6.54 Å². The Hall–Kier alpha value is -1.33. The number of rotatable bonds is 4. The molecule has 1 aliphatic rings. The Labute approximate surface area is 104 Å². The van der Waals surface area contributed by atoms with E-state index < -0.39 is 11.6 Å². The first-order valence-corrected chi connectivity index (χ1v) is 5.91. The summed E-state index contributed by atoms with van der Waals surface area (Å²) < 4.78 is 25.7. The van der Waals surface area contributed by atoms with E-state index in [-0.39, 0.29) is 30.4 Å². The SMILES string of the molecule is O=C(CN1CCC(CO)C1)c1ccc(F)c(F)c1. The van der Waals surface area contributed by atoms with E-state index in [9.17, 15) is 13.6 Å². The molecule has 1 heterocycles. The van der Waals surface area contributed by atoms with Gasteiger partial charge in [-0.05, 0) is 37.1 Å². The molecule has 0 spiro atoms. The summed E-state index contributed by atoms with van der Waals surface area (Å²) in [5, 5.41) is 9.00. The van der Waals surface area contributed by atoms with Gasteiger partial charge in [-0.3, -0.25) is 9.69 Å². The fraction of sp³-hybridized carbons (Fsp3) is 0.462. The summed E-state index contributed by atoms with van der Waals surface area (Å²) in [7, 11) is 0. The van der Waals surface area contributed by atoms with E-state index in [1.54, 1.807) is 0 Å². The van der Waals surface area contributed by atoms with Gasteiger partial charge < -0.3 is 5.11 Å². The summed E-state index contributed by atoms with van der Waals surface area (Å²) in [6, 6.07) is 3.18. The van der Waals surface area contributed by atoms with Crippen molar-refractivity contribution in [3.63, 3.8) is 0 Å². The molecule has 0 bridgehead atoms. The van der Waals surface area contributed by atoms with E-state index in [2.05, 4.69) is 0 Å². The molecule has 0 radical (unpaired) electrons. The zero-order chi connectivity index (χ0) is 13.1. The normalized spacial score (nSPS) is 20.3. The summed E-state index contributed by atoms with van der Waals surface area (Å²) in [6.45, 7) is 1.73. The van der Waals surface area contributed by atoms with E-state index in [1.807, 2.05) is 4.90 Å². The lowest BCUT2D eigenvalue weighted by atomic mass is 10.1. The molecule has 1 atom stereocenters. The van der Waals surface area contributed by atoms with Crippen LogP contribution in [0.25, 0.3) is 0 Å². The molecule has 1 aromatic carbocycles. The summed E-state index contributed by atoms with van der Waals surface area (Å²) in [4.78, 5) is 13.8. The second-order valence-corrected chi connectivity index (χ2v) is 4.62. The number of aliphatic hydroxyl groups excluding tert-OH is 1. The Morgan fingerprint density at radius 3 is 2.78 bits per heavy atom. The van der Waals surface area contributed by atoms with E-state index in [0.717, 1.165) is 25.1 Å². The lowest BCUT2D eigenvalue weighted by molar-refractivity contribution is 0.0940. The molecule has 1 saturated heterocycles.